The molecule has 2 fully saturated rings. The highest BCUT2D eigenvalue weighted by atomic mass is 35.5. The van der Waals surface area contributed by atoms with E-state index in [1.165, 1.54) is 12.8 Å². The topological polar surface area (TPSA) is 29.5 Å². The molecule has 1 amide bonds. The molecule has 0 radical (unpaired) electrons. The molecule has 0 atom stereocenters. The summed E-state index contributed by atoms with van der Waals surface area (Å²) >= 11 is 12.0. The molecule has 2 aliphatic rings. The van der Waals surface area contributed by atoms with Crippen LogP contribution in [0, 0.1) is 5.92 Å². The van der Waals surface area contributed by atoms with E-state index in [4.69, 9.17) is 27.9 Å². The molecule has 2 saturated carbocycles. The number of halogens is 2. The maximum atomic E-state index is 12.3. The van der Waals surface area contributed by atoms with Crippen molar-refractivity contribution in [2.45, 2.75) is 38.1 Å². The quantitative estimate of drug-likeness (QED) is 0.752. The zero-order valence-electron chi connectivity index (χ0n) is 11.9. The van der Waals surface area contributed by atoms with E-state index < -0.39 is 0 Å². The first-order chi connectivity index (χ1) is 10.1. The van der Waals surface area contributed by atoms with Crippen molar-refractivity contribution in [3.63, 3.8) is 0 Å². The maximum absolute atomic E-state index is 12.3. The smallest absolute Gasteiger partial charge is 0.226 e. The third-order valence-electron chi connectivity index (χ3n) is 3.95. The summed E-state index contributed by atoms with van der Waals surface area (Å²) in [5.41, 5.74) is 0. The average molecular weight is 328 g/mol. The van der Waals surface area contributed by atoms with Gasteiger partial charge in [0, 0.05) is 12.6 Å². The van der Waals surface area contributed by atoms with Gasteiger partial charge in [0.15, 0.2) is 0 Å². The summed E-state index contributed by atoms with van der Waals surface area (Å²) in [4.78, 5) is 14.4. The van der Waals surface area contributed by atoms with E-state index in [1.54, 1.807) is 18.2 Å². The second-order valence-electron chi connectivity index (χ2n) is 5.87. The molecule has 1 aromatic carbocycles. The van der Waals surface area contributed by atoms with Gasteiger partial charge in [0.25, 0.3) is 0 Å². The van der Waals surface area contributed by atoms with Crippen molar-refractivity contribution in [2.75, 3.05) is 13.2 Å². The van der Waals surface area contributed by atoms with Gasteiger partial charge < -0.3 is 9.64 Å². The molecular formula is C16H19Cl2NO2. The van der Waals surface area contributed by atoms with Crippen molar-refractivity contribution >= 4 is 29.1 Å². The van der Waals surface area contributed by atoms with Gasteiger partial charge in [0.05, 0.1) is 18.1 Å². The van der Waals surface area contributed by atoms with Gasteiger partial charge in [-0.05, 0) is 43.7 Å². The molecule has 5 heteroatoms. The molecule has 0 saturated heterocycles. The van der Waals surface area contributed by atoms with Crippen molar-refractivity contribution in [3.8, 4) is 5.75 Å². The van der Waals surface area contributed by atoms with Crippen LogP contribution >= 0.6 is 23.2 Å². The van der Waals surface area contributed by atoms with E-state index in [2.05, 4.69) is 4.90 Å². The molecule has 0 heterocycles. The summed E-state index contributed by atoms with van der Waals surface area (Å²) in [7, 11) is 0. The second kappa shape index (κ2) is 6.45. The molecule has 0 N–H and O–H groups in total. The van der Waals surface area contributed by atoms with Crippen LogP contribution in [0.4, 0.5) is 0 Å². The van der Waals surface area contributed by atoms with Crippen LogP contribution in [0.2, 0.25) is 10.0 Å². The van der Waals surface area contributed by atoms with Crippen molar-refractivity contribution < 1.29 is 9.53 Å². The number of benzene rings is 1. The van der Waals surface area contributed by atoms with Crippen molar-refractivity contribution in [1.29, 1.82) is 0 Å². The minimum atomic E-state index is 0.197. The molecule has 0 aliphatic heterocycles. The van der Waals surface area contributed by atoms with Crippen LogP contribution in [0.25, 0.3) is 0 Å². The van der Waals surface area contributed by atoms with E-state index in [0.29, 0.717) is 34.9 Å². The third kappa shape index (κ3) is 4.04. The SMILES string of the molecule is O=C(CCOc1cccc(Cl)c1Cl)N(CC1CC1)C1CC1. The normalized spacial score (nSPS) is 17.6. The fourth-order valence-electron chi connectivity index (χ4n) is 2.41. The Kier molecular flexibility index (Phi) is 4.60. The minimum absolute atomic E-state index is 0.197. The first-order valence-corrected chi connectivity index (χ1v) is 8.27. The molecule has 0 aromatic heterocycles. The Bertz CT molecular complexity index is 527. The van der Waals surface area contributed by atoms with Gasteiger partial charge >= 0.3 is 0 Å². The lowest BCUT2D eigenvalue weighted by atomic mass is 10.3. The van der Waals surface area contributed by atoms with Gasteiger partial charge in [-0.2, -0.15) is 0 Å². The lowest BCUT2D eigenvalue weighted by molar-refractivity contribution is -0.132. The lowest BCUT2D eigenvalue weighted by Gasteiger charge is -2.22. The fourth-order valence-corrected chi connectivity index (χ4v) is 2.75. The third-order valence-corrected chi connectivity index (χ3v) is 4.75. The number of amides is 1. The Labute approximate surface area is 135 Å². The number of carbonyl (C=O) groups excluding carboxylic acids is 1. The Hall–Kier alpha value is -0.930. The van der Waals surface area contributed by atoms with Crippen molar-refractivity contribution in [2.24, 2.45) is 5.92 Å². The Morgan fingerprint density at radius 1 is 1.24 bits per heavy atom. The number of carbonyl (C=O) groups is 1. The highest BCUT2D eigenvalue weighted by Crippen LogP contribution is 2.35. The predicted molar refractivity (Wildman–Crippen MR) is 84.0 cm³/mol. The zero-order valence-corrected chi connectivity index (χ0v) is 13.4. The molecule has 2 aliphatic carbocycles. The van der Waals surface area contributed by atoms with E-state index in [1.807, 2.05) is 0 Å². The Morgan fingerprint density at radius 3 is 2.67 bits per heavy atom. The molecule has 0 spiro atoms. The van der Waals surface area contributed by atoms with Crippen molar-refractivity contribution in [3.05, 3.63) is 28.2 Å². The summed E-state index contributed by atoms with van der Waals surface area (Å²) < 4.78 is 5.60. The predicted octanol–water partition coefficient (Wildman–Crippen LogP) is 4.16. The second-order valence-corrected chi connectivity index (χ2v) is 6.66. The van der Waals surface area contributed by atoms with Gasteiger partial charge in [0.1, 0.15) is 10.8 Å². The zero-order chi connectivity index (χ0) is 14.8. The van der Waals surface area contributed by atoms with E-state index in [0.717, 1.165) is 25.3 Å². The first kappa shape index (κ1) is 15.0. The molecule has 3 rings (SSSR count). The highest BCUT2D eigenvalue weighted by Gasteiger charge is 2.36. The van der Waals surface area contributed by atoms with Gasteiger partial charge in [-0.25, -0.2) is 0 Å². The summed E-state index contributed by atoms with van der Waals surface area (Å²) in [5.74, 6) is 1.47. The largest absolute Gasteiger partial charge is 0.491 e. The van der Waals surface area contributed by atoms with Gasteiger partial charge in [-0.3, -0.25) is 4.79 Å². The molecule has 0 bridgehead atoms. The monoisotopic (exact) mass is 327 g/mol. The maximum Gasteiger partial charge on any atom is 0.226 e. The summed E-state index contributed by atoms with van der Waals surface area (Å²) in [6.45, 7) is 1.27. The molecule has 1 aromatic rings. The molecule has 21 heavy (non-hydrogen) atoms. The van der Waals surface area contributed by atoms with E-state index in [-0.39, 0.29) is 5.91 Å². The number of hydrogen-bond donors (Lipinski definition) is 0. The molecule has 0 unspecified atom stereocenters. The average Bonchev–Trinajstić information content (AvgIpc) is 3.34. The van der Waals surface area contributed by atoms with Crippen LogP contribution in [-0.2, 0) is 4.79 Å². The van der Waals surface area contributed by atoms with Crippen LogP contribution in [0.1, 0.15) is 32.1 Å². The number of ether oxygens (including phenoxy) is 1. The number of nitrogens with zero attached hydrogens (tertiary/aromatic N) is 1. The van der Waals surface area contributed by atoms with Crippen LogP contribution in [0.5, 0.6) is 5.75 Å². The lowest BCUT2D eigenvalue weighted by Crippen LogP contribution is -2.35. The standard InChI is InChI=1S/C16H19Cl2NO2/c17-13-2-1-3-14(16(13)18)21-9-8-15(20)19(12-6-7-12)10-11-4-5-11/h1-3,11-12H,4-10H2. The van der Waals surface area contributed by atoms with Crippen LogP contribution in [0.3, 0.4) is 0 Å². The Balaban J connectivity index is 1.49. The number of rotatable bonds is 7. The van der Waals surface area contributed by atoms with Crippen LogP contribution < -0.4 is 4.74 Å². The first-order valence-electron chi connectivity index (χ1n) is 7.51. The molecule has 3 nitrogen and oxygen atoms in total. The highest BCUT2D eigenvalue weighted by molar-refractivity contribution is 6.42. The van der Waals surface area contributed by atoms with Crippen LogP contribution in [0.15, 0.2) is 18.2 Å². The van der Waals surface area contributed by atoms with E-state index in [9.17, 15) is 4.79 Å². The van der Waals surface area contributed by atoms with Gasteiger partial charge in [0.2, 0.25) is 5.91 Å². The van der Waals surface area contributed by atoms with Gasteiger partial charge in [-0.15, -0.1) is 0 Å². The molecule has 114 valence electrons. The van der Waals surface area contributed by atoms with Gasteiger partial charge in [-0.1, -0.05) is 29.3 Å². The summed E-state index contributed by atoms with van der Waals surface area (Å²) in [5, 5.41) is 0.873. The minimum Gasteiger partial charge on any atom is -0.491 e. The summed E-state index contributed by atoms with van der Waals surface area (Å²) in [6, 6.07) is 5.75. The van der Waals surface area contributed by atoms with E-state index >= 15 is 0 Å². The van der Waals surface area contributed by atoms with Crippen molar-refractivity contribution in [1.82, 2.24) is 4.90 Å². The van der Waals surface area contributed by atoms with Crippen LogP contribution in [-0.4, -0.2) is 30.0 Å². The molecular weight excluding hydrogens is 309 g/mol. The number of hydrogen-bond acceptors (Lipinski definition) is 2. The summed E-state index contributed by atoms with van der Waals surface area (Å²) in [6.07, 6.45) is 5.24. The Morgan fingerprint density at radius 2 is 2.00 bits per heavy atom. The fraction of sp³-hybridized carbons (Fsp3) is 0.562.